The molecule has 2 heterocycles. The van der Waals surface area contributed by atoms with Crippen LogP contribution in [0.1, 0.15) is 50.3 Å². The Balaban J connectivity index is 1.45. The number of carbonyl (C=O) groups is 2. The molecule has 0 saturated carbocycles. The highest BCUT2D eigenvalue weighted by Gasteiger charge is 2.57. The van der Waals surface area contributed by atoms with E-state index in [-0.39, 0.29) is 47.0 Å². The zero-order valence-electron chi connectivity index (χ0n) is 21.0. The Bertz CT molecular complexity index is 1250. The summed E-state index contributed by atoms with van der Waals surface area (Å²) in [7, 11) is 0. The lowest BCUT2D eigenvalue weighted by Gasteiger charge is -2.44. The number of thioether (sulfide) groups is 1. The van der Waals surface area contributed by atoms with Crippen LogP contribution in [0.3, 0.4) is 0 Å². The van der Waals surface area contributed by atoms with Crippen LogP contribution in [-0.2, 0) is 20.9 Å². The van der Waals surface area contributed by atoms with Crippen LogP contribution in [0.25, 0.3) is 0 Å². The van der Waals surface area contributed by atoms with E-state index in [4.69, 9.17) is 17.0 Å². The van der Waals surface area contributed by atoms with E-state index >= 15 is 0 Å². The summed E-state index contributed by atoms with van der Waals surface area (Å²) in [6, 6.07) is 15.5. The number of aliphatic hydroxyl groups is 1. The summed E-state index contributed by atoms with van der Waals surface area (Å²) in [5.74, 6) is -0.885. The molecule has 11 heteroatoms. The average Bonchev–Trinajstić information content (AvgIpc) is 3.25. The number of fused-ring (bicyclic) bond motifs is 1. The number of hydrogen-bond acceptors (Lipinski definition) is 8. The number of hydrogen-bond donors (Lipinski definition) is 2. The highest BCUT2D eigenvalue weighted by Crippen LogP contribution is 2.52. The molecule has 1 saturated heterocycles. The fraction of sp³-hybridized carbons (Fsp3) is 0.370. The van der Waals surface area contributed by atoms with E-state index in [0.29, 0.717) is 24.1 Å². The molecule has 0 radical (unpaired) electrons. The molecule has 2 aliphatic rings. The van der Waals surface area contributed by atoms with Crippen molar-refractivity contribution in [3.05, 3.63) is 86.4 Å². The van der Waals surface area contributed by atoms with E-state index in [1.165, 1.54) is 23.9 Å². The maximum absolute atomic E-state index is 13.0. The molecule has 1 fully saturated rings. The third-order valence-corrected chi connectivity index (χ3v) is 8.39. The molecule has 0 aromatic heterocycles. The molecule has 2 aromatic carbocycles. The Labute approximate surface area is 230 Å². The molecule has 9 nitrogen and oxygen atoms in total. The van der Waals surface area contributed by atoms with Gasteiger partial charge in [-0.05, 0) is 55.2 Å². The van der Waals surface area contributed by atoms with Crippen molar-refractivity contribution >= 4 is 46.5 Å². The highest BCUT2D eigenvalue weighted by molar-refractivity contribution is 8.04. The minimum atomic E-state index is -0.763. The summed E-state index contributed by atoms with van der Waals surface area (Å²) in [4.78, 5) is 38.5. The van der Waals surface area contributed by atoms with Gasteiger partial charge in [0.25, 0.3) is 5.69 Å². The fourth-order valence-electron chi connectivity index (χ4n) is 4.48. The number of carbonyl (C=O) groups excluding carboxylic acids is 2. The van der Waals surface area contributed by atoms with E-state index in [0.717, 1.165) is 10.5 Å². The van der Waals surface area contributed by atoms with Gasteiger partial charge in [0.05, 0.1) is 23.0 Å². The van der Waals surface area contributed by atoms with Gasteiger partial charge in [-0.15, -0.1) is 11.8 Å². The molecule has 2 aromatic rings. The monoisotopic (exact) mass is 555 g/mol. The number of amides is 2. The Morgan fingerprint density at radius 2 is 1.92 bits per heavy atom. The van der Waals surface area contributed by atoms with Gasteiger partial charge in [0.15, 0.2) is 0 Å². The van der Waals surface area contributed by atoms with Crippen LogP contribution in [0.4, 0.5) is 5.69 Å². The van der Waals surface area contributed by atoms with Crippen LogP contribution in [0.5, 0.6) is 0 Å². The smallest absolute Gasteiger partial charge is 0.269 e. The van der Waals surface area contributed by atoms with Crippen molar-refractivity contribution in [3.63, 3.8) is 0 Å². The Morgan fingerprint density at radius 1 is 1.24 bits per heavy atom. The van der Waals surface area contributed by atoms with Gasteiger partial charge < -0.3 is 15.2 Å². The number of allylic oxidation sites excluding steroid dienone is 1. The summed E-state index contributed by atoms with van der Waals surface area (Å²) < 4.78 is 5.83. The Kier molecular flexibility index (Phi) is 8.80. The van der Waals surface area contributed by atoms with Crippen molar-refractivity contribution < 1.29 is 24.4 Å². The molecule has 2 amide bonds. The number of nitrogens with zero attached hydrogens (tertiary/aromatic N) is 2. The summed E-state index contributed by atoms with van der Waals surface area (Å²) >= 11 is 7.00. The molecular formula is C27H29N3O6S2. The molecule has 38 heavy (non-hydrogen) atoms. The third kappa shape index (κ3) is 5.90. The molecule has 0 bridgehead atoms. The lowest BCUT2D eigenvalue weighted by molar-refractivity contribution is -0.384. The SMILES string of the molecule is CC[C@H](O)[C@@H]1C(=O)N2C(C(=S)OCc3ccc([N+](=O)[O-])cc3)=C(CCC(=O)N[C@H](C)c3ccccc3)S[C@H]12. The highest BCUT2D eigenvalue weighted by atomic mass is 32.2. The minimum Gasteiger partial charge on any atom is -0.477 e. The molecular weight excluding hydrogens is 526 g/mol. The van der Waals surface area contributed by atoms with Gasteiger partial charge in [0, 0.05) is 23.5 Å². The van der Waals surface area contributed by atoms with Gasteiger partial charge >= 0.3 is 0 Å². The number of β-lactam (4-membered cyclic amide) rings is 1. The number of aliphatic hydroxyl groups excluding tert-OH is 1. The van der Waals surface area contributed by atoms with E-state index in [1.54, 1.807) is 17.0 Å². The number of non-ortho nitro benzene ring substituents is 1. The first-order chi connectivity index (χ1) is 18.2. The quantitative estimate of drug-likeness (QED) is 0.178. The first-order valence-corrected chi connectivity index (χ1v) is 13.7. The number of thiocarbonyl (C=S) groups is 1. The van der Waals surface area contributed by atoms with Crippen molar-refractivity contribution in [2.24, 2.45) is 5.92 Å². The van der Waals surface area contributed by atoms with Crippen LogP contribution >= 0.6 is 24.0 Å². The van der Waals surface area contributed by atoms with Gasteiger partial charge in [-0.3, -0.25) is 24.6 Å². The van der Waals surface area contributed by atoms with Crippen LogP contribution < -0.4 is 5.32 Å². The number of nitro benzene ring substituents is 1. The van der Waals surface area contributed by atoms with Gasteiger partial charge in [-0.2, -0.15) is 0 Å². The lowest BCUT2D eigenvalue weighted by Crippen LogP contribution is -2.61. The number of benzene rings is 2. The summed E-state index contributed by atoms with van der Waals surface area (Å²) in [5.41, 5.74) is 2.13. The van der Waals surface area contributed by atoms with Crippen molar-refractivity contribution in [1.29, 1.82) is 0 Å². The van der Waals surface area contributed by atoms with Crippen molar-refractivity contribution in [2.75, 3.05) is 0 Å². The van der Waals surface area contributed by atoms with Crippen molar-refractivity contribution in [3.8, 4) is 0 Å². The third-order valence-electron chi connectivity index (χ3n) is 6.65. The van der Waals surface area contributed by atoms with Gasteiger partial charge in [0.2, 0.25) is 16.9 Å². The topological polar surface area (TPSA) is 122 Å². The summed E-state index contributed by atoms with van der Waals surface area (Å²) in [5, 5.41) is 24.1. The van der Waals surface area contributed by atoms with Crippen molar-refractivity contribution in [2.45, 2.75) is 57.2 Å². The number of ether oxygens (including phenoxy) is 1. The zero-order chi connectivity index (χ0) is 27.4. The summed E-state index contributed by atoms with van der Waals surface area (Å²) in [6.45, 7) is 3.82. The van der Waals surface area contributed by atoms with E-state index < -0.39 is 16.9 Å². The maximum atomic E-state index is 13.0. The van der Waals surface area contributed by atoms with Crippen LogP contribution in [-0.4, -0.2) is 43.3 Å². The van der Waals surface area contributed by atoms with Crippen LogP contribution in [0.15, 0.2) is 65.2 Å². The van der Waals surface area contributed by atoms with Gasteiger partial charge in [0.1, 0.15) is 17.7 Å². The normalized spacial score (nSPS) is 19.9. The second kappa shape index (κ2) is 12.1. The fourth-order valence-corrected chi connectivity index (χ4v) is 6.40. The Hall–Kier alpha value is -3.28. The van der Waals surface area contributed by atoms with Crippen molar-refractivity contribution in [1.82, 2.24) is 10.2 Å². The van der Waals surface area contributed by atoms with Crippen LogP contribution in [0, 0.1) is 16.0 Å². The maximum Gasteiger partial charge on any atom is 0.269 e. The number of nitrogens with one attached hydrogen (secondary N) is 1. The van der Waals surface area contributed by atoms with E-state index in [9.17, 15) is 24.8 Å². The van der Waals surface area contributed by atoms with Gasteiger partial charge in [-0.1, -0.05) is 37.3 Å². The first kappa shape index (κ1) is 27.7. The summed E-state index contributed by atoms with van der Waals surface area (Å²) in [6.07, 6.45) is 0.252. The predicted molar refractivity (Wildman–Crippen MR) is 148 cm³/mol. The molecule has 0 unspecified atom stereocenters. The standard InChI is InChI=1S/C27H29N3O6S2/c1-3-20(31)23-25(33)29-24(27(37)36-15-17-9-11-19(12-10-17)30(34)35)21(38-26(23)29)13-14-22(32)28-16(2)18-7-5-4-6-8-18/h4-12,16,20,23,26,31H,3,13-15H2,1-2H3,(H,28,32)/t16-,20+,23-,26-/m1/s1. The largest absolute Gasteiger partial charge is 0.477 e. The second-order valence-corrected chi connectivity index (χ2v) is 10.8. The molecule has 4 rings (SSSR count). The average molecular weight is 556 g/mol. The molecule has 0 aliphatic carbocycles. The molecule has 2 aliphatic heterocycles. The second-order valence-electron chi connectivity index (χ2n) is 9.19. The molecule has 2 N–H and O–H groups in total. The minimum absolute atomic E-state index is 0.0251. The van der Waals surface area contributed by atoms with E-state index in [2.05, 4.69) is 5.32 Å². The molecule has 4 atom stereocenters. The van der Waals surface area contributed by atoms with Gasteiger partial charge in [-0.25, -0.2) is 0 Å². The molecule has 0 spiro atoms. The first-order valence-electron chi connectivity index (χ1n) is 12.4. The predicted octanol–water partition coefficient (Wildman–Crippen LogP) is 4.61. The zero-order valence-corrected chi connectivity index (χ0v) is 22.7. The Morgan fingerprint density at radius 3 is 2.55 bits per heavy atom. The lowest BCUT2D eigenvalue weighted by atomic mass is 9.90. The van der Waals surface area contributed by atoms with Crippen LogP contribution in [0.2, 0.25) is 0 Å². The molecule has 200 valence electrons. The number of nitro groups is 1. The number of rotatable bonds is 11. The van der Waals surface area contributed by atoms with E-state index in [1.807, 2.05) is 44.2 Å².